The van der Waals surface area contributed by atoms with Crippen molar-refractivity contribution in [3.8, 4) is 11.3 Å². The molecule has 5 nitrogen and oxygen atoms in total. The van der Waals surface area contributed by atoms with E-state index >= 15 is 0 Å². The number of oxazole rings is 1. The van der Waals surface area contributed by atoms with Gasteiger partial charge in [-0.3, -0.25) is 0 Å². The number of carbonyl (C=O) groups excluding carboxylic acids is 1. The summed E-state index contributed by atoms with van der Waals surface area (Å²) in [5.74, 6) is -0.805. The number of carbonyl (C=O) groups is 1. The van der Waals surface area contributed by atoms with Gasteiger partial charge in [-0.25, -0.2) is 14.2 Å². The smallest absolute Gasteiger partial charge is 0.360 e. The van der Waals surface area contributed by atoms with Gasteiger partial charge in [-0.05, 0) is 54.2 Å². The van der Waals surface area contributed by atoms with E-state index in [9.17, 15) is 9.18 Å². The SMILES string of the molecule is CCOC(=O)c1ncoc1-c1cc(F)c(Br)c(C)c1NC1CC1. The Bertz CT molecular complexity index is 756. The minimum Gasteiger partial charge on any atom is -0.461 e. The van der Waals surface area contributed by atoms with E-state index in [2.05, 4.69) is 26.2 Å². The number of anilines is 1. The topological polar surface area (TPSA) is 64.4 Å². The van der Waals surface area contributed by atoms with Gasteiger partial charge in [0.15, 0.2) is 17.8 Å². The lowest BCUT2D eigenvalue weighted by molar-refractivity contribution is 0.0520. The Morgan fingerprint density at radius 1 is 1.57 bits per heavy atom. The van der Waals surface area contributed by atoms with Crippen molar-refractivity contribution in [2.75, 3.05) is 11.9 Å². The van der Waals surface area contributed by atoms with Crippen LogP contribution in [0, 0.1) is 12.7 Å². The number of ether oxygens (including phenoxy) is 1. The van der Waals surface area contributed by atoms with E-state index in [0.29, 0.717) is 16.1 Å². The van der Waals surface area contributed by atoms with E-state index in [1.807, 2.05) is 6.92 Å². The van der Waals surface area contributed by atoms with E-state index < -0.39 is 11.8 Å². The number of benzene rings is 1. The second-order valence-electron chi connectivity index (χ2n) is 5.39. The van der Waals surface area contributed by atoms with Gasteiger partial charge in [0, 0.05) is 17.3 Å². The lowest BCUT2D eigenvalue weighted by Crippen LogP contribution is -2.09. The number of halogens is 2. The first-order chi connectivity index (χ1) is 11.0. The van der Waals surface area contributed by atoms with Gasteiger partial charge < -0.3 is 14.5 Å². The monoisotopic (exact) mass is 382 g/mol. The van der Waals surface area contributed by atoms with Gasteiger partial charge in [-0.15, -0.1) is 0 Å². The molecule has 0 bridgehead atoms. The van der Waals surface area contributed by atoms with Gasteiger partial charge in [-0.1, -0.05) is 0 Å². The number of rotatable bonds is 5. The predicted molar refractivity (Wildman–Crippen MR) is 86.9 cm³/mol. The average molecular weight is 383 g/mol. The maximum absolute atomic E-state index is 14.2. The van der Waals surface area contributed by atoms with Crippen LogP contribution in [0.5, 0.6) is 0 Å². The first kappa shape index (κ1) is 16.0. The van der Waals surface area contributed by atoms with E-state index in [0.717, 1.165) is 30.5 Å². The van der Waals surface area contributed by atoms with Crippen LogP contribution in [0.2, 0.25) is 0 Å². The van der Waals surface area contributed by atoms with Crippen molar-refractivity contribution in [1.29, 1.82) is 0 Å². The Morgan fingerprint density at radius 2 is 2.30 bits per heavy atom. The van der Waals surface area contributed by atoms with Crippen LogP contribution in [0.1, 0.15) is 35.8 Å². The van der Waals surface area contributed by atoms with Crippen molar-refractivity contribution in [1.82, 2.24) is 4.98 Å². The third-order valence-electron chi connectivity index (χ3n) is 3.66. The molecule has 7 heteroatoms. The molecule has 1 heterocycles. The summed E-state index contributed by atoms with van der Waals surface area (Å²) >= 11 is 3.26. The molecule has 0 aliphatic heterocycles. The molecule has 2 aromatic rings. The Hall–Kier alpha value is -1.89. The predicted octanol–water partition coefficient (Wildman–Crippen LogP) is 4.30. The van der Waals surface area contributed by atoms with E-state index in [-0.39, 0.29) is 18.1 Å². The fraction of sp³-hybridized carbons (Fsp3) is 0.375. The van der Waals surface area contributed by atoms with Gasteiger partial charge in [0.25, 0.3) is 0 Å². The first-order valence-corrected chi connectivity index (χ1v) is 8.18. The second kappa shape index (κ2) is 6.31. The summed E-state index contributed by atoms with van der Waals surface area (Å²) in [5.41, 5.74) is 1.98. The average Bonchev–Trinajstić information content (AvgIpc) is 3.21. The Morgan fingerprint density at radius 3 is 2.96 bits per heavy atom. The fourth-order valence-corrected chi connectivity index (χ4v) is 2.64. The number of nitrogens with zero attached hydrogens (tertiary/aromatic N) is 1. The zero-order chi connectivity index (χ0) is 16.6. The number of hydrogen-bond acceptors (Lipinski definition) is 5. The molecule has 1 aliphatic carbocycles. The van der Waals surface area contributed by atoms with Crippen LogP contribution in [0.4, 0.5) is 10.1 Å². The van der Waals surface area contributed by atoms with Crippen LogP contribution < -0.4 is 5.32 Å². The fourth-order valence-electron chi connectivity index (χ4n) is 2.33. The summed E-state index contributed by atoms with van der Waals surface area (Å²) in [4.78, 5) is 15.9. The highest BCUT2D eigenvalue weighted by Crippen LogP contribution is 2.40. The van der Waals surface area contributed by atoms with E-state index in [1.54, 1.807) is 6.92 Å². The highest BCUT2D eigenvalue weighted by atomic mass is 79.9. The third-order valence-corrected chi connectivity index (χ3v) is 4.63. The molecule has 1 aromatic carbocycles. The highest BCUT2D eigenvalue weighted by molar-refractivity contribution is 9.10. The summed E-state index contributed by atoms with van der Waals surface area (Å²) in [6.07, 6.45) is 3.29. The second-order valence-corrected chi connectivity index (χ2v) is 6.18. The van der Waals surface area contributed by atoms with Crippen LogP contribution in [0.25, 0.3) is 11.3 Å². The van der Waals surface area contributed by atoms with E-state index in [1.165, 1.54) is 6.07 Å². The molecule has 0 spiro atoms. The minimum absolute atomic E-state index is 0.0480. The molecule has 122 valence electrons. The van der Waals surface area contributed by atoms with Crippen molar-refractivity contribution < 1.29 is 18.3 Å². The summed E-state index contributed by atoms with van der Waals surface area (Å²) in [6, 6.07) is 1.70. The van der Waals surface area contributed by atoms with Crippen molar-refractivity contribution in [3.63, 3.8) is 0 Å². The van der Waals surface area contributed by atoms with Crippen LogP contribution in [0.15, 0.2) is 21.3 Å². The van der Waals surface area contributed by atoms with Crippen molar-refractivity contribution in [3.05, 3.63) is 34.0 Å². The van der Waals surface area contributed by atoms with Crippen molar-refractivity contribution >= 4 is 27.6 Å². The summed E-state index contributed by atoms with van der Waals surface area (Å²) in [7, 11) is 0. The molecule has 0 radical (unpaired) electrons. The van der Waals surface area contributed by atoms with Gasteiger partial charge >= 0.3 is 5.97 Å². The number of nitrogens with one attached hydrogen (secondary N) is 1. The molecule has 0 amide bonds. The Kier molecular flexibility index (Phi) is 4.39. The molecule has 1 aromatic heterocycles. The molecule has 0 saturated heterocycles. The molecule has 1 saturated carbocycles. The zero-order valence-electron chi connectivity index (χ0n) is 12.8. The van der Waals surface area contributed by atoms with E-state index in [4.69, 9.17) is 9.15 Å². The molecule has 23 heavy (non-hydrogen) atoms. The number of esters is 1. The molecule has 1 fully saturated rings. The van der Waals surface area contributed by atoms with Crippen LogP contribution in [0.3, 0.4) is 0 Å². The van der Waals surface area contributed by atoms with Crippen molar-refractivity contribution in [2.45, 2.75) is 32.7 Å². The van der Waals surface area contributed by atoms with Crippen molar-refractivity contribution in [2.24, 2.45) is 0 Å². The first-order valence-electron chi connectivity index (χ1n) is 7.39. The number of aromatic nitrogens is 1. The standard InChI is InChI=1S/C16H16BrFN2O3/c1-3-22-16(21)14-15(23-7-19-14)10-6-11(18)12(17)8(2)13(10)20-9-4-5-9/h6-7,9,20H,3-5H2,1-2H3. The summed E-state index contributed by atoms with van der Waals surface area (Å²) in [6.45, 7) is 3.75. The van der Waals surface area contributed by atoms with Crippen LogP contribution in [-0.2, 0) is 4.74 Å². The minimum atomic E-state index is -0.588. The highest BCUT2D eigenvalue weighted by Gasteiger charge is 2.28. The quantitative estimate of drug-likeness (QED) is 0.780. The Balaban J connectivity index is 2.12. The van der Waals surface area contributed by atoms with Gasteiger partial charge in [0.1, 0.15) is 5.82 Å². The van der Waals surface area contributed by atoms with Gasteiger partial charge in [0.05, 0.1) is 11.1 Å². The summed E-state index contributed by atoms with van der Waals surface area (Å²) in [5, 5.41) is 3.37. The van der Waals surface area contributed by atoms with Crippen LogP contribution in [-0.4, -0.2) is 23.6 Å². The molecule has 1 N–H and O–H groups in total. The maximum atomic E-state index is 14.2. The molecule has 3 rings (SSSR count). The Labute approximate surface area is 141 Å². The lowest BCUT2D eigenvalue weighted by atomic mass is 10.0. The third kappa shape index (κ3) is 3.10. The normalized spacial score (nSPS) is 13.9. The van der Waals surface area contributed by atoms with Crippen LogP contribution >= 0.6 is 15.9 Å². The molecular formula is C16H16BrFN2O3. The lowest BCUT2D eigenvalue weighted by Gasteiger charge is -2.15. The molecule has 0 unspecified atom stereocenters. The maximum Gasteiger partial charge on any atom is 0.360 e. The van der Waals surface area contributed by atoms with Gasteiger partial charge in [-0.2, -0.15) is 0 Å². The largest absolute Gasteiger partial charge is 0.461 e. The molecule has 1 aliphatic rings. The molecule has 0 atom stereocenters. The van der Waals surface area contributed by atoms with Gasteiger partial charge in [0.2, 0.25) is 0 Å². The zero-order valence-corrected chi connectivity index (χ0v) is 14.4. The summed E-state index contributed by atoms with van der Waals surface area (Å²) < 4.78 is 24.9. The number of hydrogen-bond donors (Lipinski definition) is 1. The molecular weight excluding hydrogens is 367 g/mol.